The average Bonchev–Trinajstić information content (AvgIpc) is 2.19. The highest BCUT2D eigenvalue weighted by atomic mass is 16.5. The molecular weight excluding hydrogens is 196 g/mol. The van der Waals surface area contributed by atoms with E-state index in [4.69, 9.17) is 14.2 Å². The summed E-state index contributed by atoms with van der Waals surface area (Å²) in [6, 6.07) is 1.87. The topological polar surface area (TPSA) is 53.5 Å². The van der Waals surface area contributed by atoms with Crippen LogP contribution in [0.1, 0.15) is 17.2 Å². The molecule has 5 heteroatoms. The van der Waals surface area contributed by atoms with Crippen molar-refractivity contribution in [3.8, 4) is 0 Å². The molecule has 1 heterocycles. The van der Waals surface area contributed by atoms with E-state index in [1.165, 1.54) is 0 Å². The van der Waals surface area contributed by atoms with Crippen molar-refractivity contribution in [1.82, 2.24) is 9.97 Å². The van der Waals surface area contributed by atoms with Crippen LogP contribution >= 0.6 is 0 Å². The number of ether oxygens (including phenoxy) is 3. The van der Waals surface area contributed by atoms with Crippen LogP contribution in [0.2, 0.25) is 0 Å². The second kappa shape index (κ2) is 6.44. The zero-order valence-corrected chi connectivity index (χ0v) is 9.32. The van der Waals surface area contributed by atoms with Crippen LogP contribution in [0, 0.1) is 0 Å². The van der Waals surface area contributed by atoms with Gasteiger partial charge in [0.15, 0.2) is 5.82 Å². The van der Waals surface area contributed by atoms with E-state index in [9.17, 15) is 0 Å². The summed E-state index contributed by atoms with van der Waals surface area (Å²) in [5, 5.41) is 0. The van der Waals surface area contributed by atoms with Crippen LogP contribution in [-0.2, 0) is 34.0 Å². The molecule has 0 spiro atoms. The van der Waals surface area contributed by atoms with Crippen LogP contribution in [0.3, 0.4) is 0 Å². The zero-order valence-electron chi connectivity index (χ0n) is 9.32. The monoisotopic (exact) mass is 212 g/mol. The number of aromatic nitrogens is 2. The number of rotatable bonds is 6. The average molecular weight is 212 g/mol. The number of methoxy groups -OCH3 is 3. The normalized spacial score (nSPS) is 10.6. The standard InChI is InChI=1S/C10H16N2O3/c1-13-5-8-4-9(6-14-2)12-10(11-8)7-15-3/h4H,5-7H2,1-3H3. The van der Waals surface area contributed by atoms with Gasteiger partial charge in [-0.2, -0.15) is 0 Å². The van der Waals surface area contributed by atoms with Gasteiger partial charge in [0.1, 0.15) is 6.61 Å². The van der Waals surface area contributed by atoms with E-state index in [1.807, 2.05) is 6.07 Å². The van der Waals surface area contributed by atoms with Gasteiger partial charge in [-0.1, -0.05) is 0 Å². The Labute approximate surface area is 89.4 Å². The van der Waals surface area contributed by atoms with Crippen LogP contribution in [0.25, 0.3) is 0 Å². The minimum Gasteiger partial charge on any atom is -0.378 e. The fraction of sp³-hybridized carbons (Fsp3) is 0.600. The summed E-state index contributed by atoms with van der Waals surface area (Å²) in [4.78, 5) is 8.56. The lowest BCUT2D eigenvalue weighted by atomic mass is 10.3. The number of hydrogen-bond donors (Lipinski definition) is 0. The van der Waals surface area contributed by atoms with Crippen LogP contribution in [0.15, 0.2) is 6.07 Å². The molecule has 0 fully saturated rings. The maximum Gasteiger partial charge on any atom is 0.154 e. The van der Waals surface area contributed by atoms with E-state index in [0.29, 0.717) is 25.6 Å². The van der Waals surface area contributed by atoms with E-state index in [2.05, 4.69) is 9.97 Å². The van der Waals surface area contributed by atoms with E-state index in [1.54, 1.807) is 21.3 Å². The summed E-state index contributed by atoms with van der Waals surface area (Å²) in [5.41, 5.74) is 1.68. The summed E-state index contributed by atoms with van der Waals surface area (Å²) in [6.07, 6.45) is 0. The summed E-state index contributed by atoms with van der Waals surface area (Å²) >= 11 is 0. The molecule has 0 amide bonds. The van der Waals surface area contributed by atoms with E-state index in [-0.39, 0.29) is 0 Å². The molecular formula is C10H16N2O3. The SMILES string of the molecule is COCc1cc(COC)nc(COC)n1. The van der Waals surface area contributed by atoms with Gasteiger partial charge in [-0.25, -0.2) is 9.97 Å². The maximum absolute atomic E-state index is 5.02. The predicted molar refractivity (Wildman–Crippen MR) is 54.2 cm³/mol. The number of nitrogens with zero attached hydrogens (tertiary/aromatic N) is 2. The molecule has 1 aromatic heterocycles. The van der Waals surface area contributed by atoms with Gasteiger partial charge in [0.2, 0.25) is 0 Å². The highest BCUT2D eigenvalue weighted by Crippen LogP contribution is 2.05. The first-order chi connectivity index (χ1) is 7.30. The lowest BCUT2D eigenvalue weighted by molar-refractivity contribution is 0.164. The minimum atomic E-state index is 0.397. The summed E-state index contributed by atoms with van der Waals surface area (Å²) < 4.78 is 15.0. The molecule has 0 aliphatic carbocycles. The van der Waals surface area contributed by atoms with E-state index < -0.39 is 0 Å². The molecule has 15 heavy (non-hydrogen) atoms. The molecule has 0 saturated carbocycles. The van der Waals surface area contributed by atoms with Crippen molar-refractivity contribution in [1.29, 1.82) is 0 Å². The van der Waals surface area contributed by atoms with Gasteiger partial charge in [0, 0.05) is 21.3 Å². The predicted octanol–water partition coefficient (Wildman–Crippen LogP) is 0.916. The van der Waals surface area contributed by atoms with Gasteiger partial charge < -0.3 is 14.2 Å². The van der Waals surface area contributed by atoms with E-state index in [0.717, 1.165) is 11.4 Å². The first kappa shape index (κ1) is 12.0. The third kappa shape index (κ3) is 3.91. The molecule has 0 atom stereocenters. The Morgan fingerprint density at radius 3 is 1.73 bits per heavy atom. The molecule has 5 nitrogen and oxygen atoms in total. The molecule has 0 bridgehead atoms. The fourth-order valence-corrected chi connectivity index (χ4v) is 1.25. The largest absolute Gasteiger partial charge is 0.378 e. The summed E-state index contributed by atoms with van der Waals surface area (Å²) in [5.74, 6) is 0.652. The highest BCUT2D eigenvalue weighted by Gasteiger charge is 2.04. The second-order valence-electron chi connectivity index (χ2n) is 3.07. The smallest absolute Gasteiger partial charge is 0.154 e. The van der Waals surface area contributed by atoms with Crippen molar-refractivity contribution in [2.75, 3.05) is 21.3 Å². The molecule has 0 aliphatic heterocycles. The molecule has 1 rings (SSSR count). The van der Waals surface area contributed by atoms with Gasteiger partial charge in [-0.05, 0) is 6.07 Å². The van der Waals surface area contributed by atoms with Gasteiger partial charge in [-0.15, -0.1) is 0 Å². The molecule has 0 aliphatic rings. The maximum atomic E-state index is 5.02. The summed E-state index contributed by atoms with van der Waals surface area (Å²) in [6.45, 7) is 1.33. The van der Waals surface area contributed by atoms with Crippen LogP contribution < -0.4 is 0 Å². The van der Waals surface area contributed by atoms with Gasteiger partial charge >= 0.3 is 0 Å². The third-order valence-corrected chi connectivity index (χ3v) is 1.74. The van der Waals surface area contributed by atoms with Gasteiger partial charge in [0.25, 0.3) is 0 Å². The second-order valence-corrected chi connectivity index (χ2v) is 3.07. The fourth-order valence-electron chi connectivity index (χ4n) is 1.25. The first-order valence-corrected chi connectivity index (χ1v) is 4.62. The molecule has 0 unspecified atom stereocenters. The zero-order chi connectivity index (χ0) is 11.1. The Morgan fingerprint density at radius 1 is 0.867 bits per heavy atom. The van der Waals surface area contributed by atoms with Crippen LogP contribution in [0.5, 0.6) is 0 Å². The molecule has 0 N–H and O–H groups in total. The Bertz CT molecular complexity index is 245. The van der Waals surface area contributed by atoms with Crippen LogP contribution in [0.4, 0.5) is 0 Å². The van der Waals surface area contributed by atoms with Gasteiger partial charge in [-0.3, -0.25) is 0 Å². The Balaban J connectivity index is 2.86. The quantitative estimate of drug-likeness (QED) is 0.701. The summed E-state index contributed by atoms with van der Waals surface area (Å²) in [7, 11) is 4.88. The molecule has 0 saturated heterocycles. The van der Waals surface area contributed by atoms with Crippen molar-refractivity contribution >= 4 is 0 Å². The molecule has 0 aromatic carbocycles. The van der Waals surface area contributed by atoms with Crippen molar-refractivity contribution in [2.24, 2.45) is 0 Å². The lowest BCUT2D eigenvalue weighted by Gasteiger charge is -2.06. The molecule has 0 radical (unpaired) electrons. The van der Waals surface area contributed by atoms with E-state index >= 15 is 0 Å². The minimum absolute atomic E-state index is 0.397. The van der Waals surface area contributed by atoms with Crippen molar-refractivity contribution in [2.45, 2.75) is 19.8 Å². The Hall–Kier alpha value is -1.04. The Kier molecular flexibility index (Phi) is 5.17. The number of hydrogen-bond acceptors (Lipinski definition) is 5. The van der Waals surface area contributed by atoms with Crippen LogP contribution in [-0.4, -0.2) is 31.3 Å². The van der Waals surface area contributed by atoms with Crippen molar-refractivity contribution < 1.29 is 14.2 Å². The Morgan fingerprint density at radius 2 is 1.33 bits per heavy atom. The highest BCUT2D eigenvalue weighted by molar-refractivity contribution is 5.10. The van der Waals surface area contributed by atoms with Crippen molar-refractivity contribution in [3.63, 3.8) is 0 Å². The van der Waals surface area contributed by atoms with Crippen molar-refractivity contribution in [3.05, 3.63) is 23.3 Å². The van der Waals surface area contributed by atoms with Gasteiger partial charge in [0.05, 0.1) is 24.6 Å². The lowest BCUT2D eigenvalue weighted by Crippen LogP contribution is -2.06. The first-order valence-electron chi connectivity index (χ1n) is 4.62. The molecule has 1 aromatic rings. The third-order valence-electron chi connectivity index (χ3n) is 1.74. The molecule has 84 valence electrons.